The van der Waals surface area contributed by atoms with E-state index in [1.54, 1.807) is 7.11 Å². The summed E-state index contributed by atoms with van der Waals surface area (Å²) in [7, 11) is 1.71. The molecule has 1 nitrogen and oxygen atoms in total. The van der Waals surface area contributed by atoms with Crippen molar-refractivity contribution in [3.63, 3.8) is 0 Å². The summed E-state index contributed by atoms with van der Waals surface area (Å²) in [4.78, 5) is 0. The van der Waals surface area contributed by atoms with Gasteiger partial charge in [0.05, 0.1) is 0 Å². The van der Waals surface area contributed by atoms with Gasteiger partial charge in [-0.15, -0.1) is 0 Å². The maximum atomic E-state index is 4.92. The van der Waals surface area contributed by atoms with E-state index in [-0.39, 0.29) is 0 Å². The Labute approximate surface area is 69.3 Å². The number of methoxy groups -OCH3 is 1. The van der Waals surface area contributed by atoms with E-state index >= 15 is 0 Å². The molecule has 58 valence electrons. The number of hydrogen-bond donors (Lipinski definition) is 0. The monoisotopic (exact) mass is 206 g/mol. The zero-order valence-corrected chi connectivity index (χ0v) is 8.31. The van der Waals surface area contributed by atoms with Crippen molar-refractivity contribution >= 4 is 15.0 Å². The molecule has 0 atom stereocenters. The van der Waals surface area contributed by atoms with E-state index in [4.69, 9.17) is 4.74 Å². The van der Waals surface area contributed by atoms with Gasteiger partial charge in [-0.2, -0.15) is 0 Å². The molecule has 10 heavy (non-hydrogen) atoms. The molecule has 0 bridgehead atoms. The van der Waals surface area contributed by atoms with Gasteiger partial charge in [-0.3, -0.25) is 0 Å². The van der Waals surface area contributed by atoms with Crippen LogP contribution >= 0.6 is 0 Å². The van der Waals surface area contributed by atoms with Crippen LogP contribution in [0.25, 0.3) is 0 Å². The van der Waals surface area contributed by atoms with Crippen LogP contribution in [0.15, 0.2) is 23.2 Å². The van der Waals surface area contributed by atoms with Gasteiger partial charge in [0.15, 0.2) is 0 Å². The molecule has 0 aromatic heterocycles. The van der Waals surface area contributed by atoms with Crippen molar-refractivity contribution in [1.29, 1.82) is 0 Å². The number of allylic oxidation sites excluding steroid dienone is 2. The van der Waals surface area contributed by atoms with Gasteiger partial charge in [0, 0.05) is 0 Å². The van der Waals surface area contributed by atoms with Gasteiger partial charge in [-0.25, -0.2) is 0 Å². The summed E-state index contributed by atoms with van der Waals surface area (Å²) >= 11 is 0.604. The first-order chi connectivity index (χ1) is 4.85. The molecule has 0 spiro atoms. The van der Waals surface area contributed by atoms with Gasteiger partial charge in [0.2, 0.25) is 0 Å². The number of rotatable bonds is 5. The van der Waals surface area contributed by atoms with Gasteiger partial charge in [0.25, 0.3) is 0 Å². The van der Waals surface area contributed by atoms with E-state index < -0.39 is 0 Å². The minimum atomic E-state index is 0.604. The first kappa shape index (κ1) is 9.96. The average molecular weight is 205 g/mol. The molecule has 0 amide bonds. The van der Waals surface area contributed by atoms with Crippen LogP contribution in [0, 0.1) is 0 Å². The Hall–Kier alpha value is -0.0405. The van der Waals surface area contributed by atoms with Crippen molar-refractivity contribution in [2.24, 2.45) is 0 Å². The van der Waals surface area contributed by atoms with Gasteiger partial charge >= 0.3 is 68.9 Å². The van der Waals surface area contributed by atoms with Crippen LogP contribution in [0.3, 0.4) is 0 Å². The van der Waals surface area contributed by atoms with Crippen molar-refractivity contribution in [1.82, 2.24) is 0 Å². The van der Waals surface area contributed by atoms with E-state index in [9.17, 15) is 0 Å². The van der Waals surface area contributed by atoms with Gasteiger partial charge in [0.1, 0.15) is 0 Å². The van der Waals surface area contributed by atoms with Crippen molar-refractivity contribution in [3.8, 4) is 0 Å². The SMILES string of the molecule is C=CC/C(=C/COC)[Se]C. The molecule has 0 aliphatic carbocycles. The second-order valence-electron chi connectivity index (χ2n) is 1.82. The maximum absolute atomic E-state index is 4.92. The standard InChI is InChI=1S/C8H14OSe/c1-4-5-8(10-3)6-7-9-2/h4,6H,1,5,7H2,2-3H3/b8-6-. The minimum absolute atomic E-state index is 0.604. The fourth-order valence-corrected chi connectivity index (χ4v) is 1.66. The first-order valence-electron chi connectivity index (χ1n) is 3.18. The average Bonchev–Trinajstić information content (AvgIpc) is 1.98. The van der Waals surface area contributed by atoms with Crippen LogP contribution in [-0.2, 0) is 4.74 Å². The molecule has 0 aliphatic heterocycles. The molecule has 0 fully saturated rings. The molecule has 0 unspecified atom stereocenters. The summed E-state index contributed by atoms with van der Waals surface area (Å²) in [5.41, 5.74) is 0. The van der Waals surface area contributed by atoms with Gasteiger partial charge in [-0.1, -0.05) is 0 Å². The summed E-state index contributed by atoms with van der Waals surface area (Å²) < 4.78 is 6.38. The Kier molecular flexibility index (Phi) is 7.04. The number of hydrogen-bond acceptors (Lipinski definition) is 1. The van der Waals surface area contributed by atoms with E-state index in [0.717, 1.165) is 13.0 Å². The fourth-order valence-electron chi connectivity index (χ4n) is 0.569. The van der Waals surface area contributed by atoms with Crippen LogP contribution < -0.4 is 0 Å². The molecule has 0 heterocycles. The third-order valence-electron chi connectivity index (χ3n) is 1.09. The summed E-state index contributed by atoms with van der Waals surface area (Å²) in [6.07, 6.45) is 5.09. The molecular formula is C8H14OSe. The van der Waals surface area contributed by atoms with Crippen LogP contribution in [0.5, 0.6) is 0 Å². The molecular weight excluding hydrogens is 191 g/mol. The third kappa shape index (κ3) is 4.80. The van der Waals surface area contributed by atoms with Crippen molar-refractivity contribution in [2.45, 2.75) is 12.2 Å². The Morgan fingerprint density at radius 3 is 2.80 bits per heavy atom. The van der Waals surface area contributed by atoms with Crippen molar-refractivity contribution in [3.05, 3.63) is 23.2 Å². The van der Waals surface area contributed by atoms with E-state index in [1.807, 2.05) is 6.08 Å². The second-order valence-corrected chi connectivity index (χ2v) is 3.78. The molecule has 0 aliphatic rings. The quantitative estimate of drug-likeness (QED) is 0.491. The Morgan fingerprint density at radius 1 is 1.70 bits per heavy atom. The molecule has 2 heteroatoms. The summed E-state index contributed by atoms with van der Waals surface area (Å²) in [6.45, 7) is 4.42. The molecule has 0 rings (SSSR count). The predicted molar refractivity (Wildman–Crippen MR) is 46.4 cm³/mol. The zero-order valence-electron chi connectivity index (χ0n) is 6.59. The predicted octanol–water partition coefficient (Wildman–Crippen LogP) is 1.85. The van der Waals surface area contributed by atoms with Crippen LogP contribution in [0.4, 0.5) is 0 Å². The summed E-state index contributed by atoms with van der Waals surface area (Å²) in [5, 5.41) is 0. The van der Waals surface area contributed by atoms with Crippen molar-refractivity contribution < 1.29 is 4.74 Å². The first-order valence-corrected chi connectivity index (χ1v) is 5.75. The van der Waals surface area contributed by atoms with Crippen LogP contribution in [0.1, 0.15) is 6.42 Å². The third-order valence-corrected chi connectivity index (χ3v) is 2.88. The Balaban J connectivity index is 3.65. The molecule has 0 radical (unpaired) electrons. The molecule has 0 aromatic rings. The van der Waals surface area contributed by atoms with Crippen LogP contribution in [0.2, 0.25) is 5.82 Å². The Morgan fingerprint density at radius 2 is 2.40 bits per heavy atom. The van der Waals surface area contributed by atoms with Gasteiger partial charge < -0.3 is 0 Å². The Bertz CT molecular complexity index is 118. The zero-order chi connectivity index (χ0) is 7.82. The van der Waals surface area contributed by atoms with E-state index in [1.165, 1.54) is 4.47 Å². The molecule has 0 saturated carbocycles. The molecule has 0 N–H and O–H groups in total. The van der Waals surface area contributed by atoms with Gasteiger partial charge in [-0.05, 0) is 0 Å². The fraction of sp³-hybridized carbons (Fsp3) is 0.500. The summed E-state index contributed by atoms with van der Waals surface area (Å²) in [6, 6.07) is 0. The molecule has 0 aromatic carbocycles. The summed E-state index contributed by atoms with van der Waals surface area (Å²) in [5.74, 6) is 2.21. The van der Waals surface area contributed by atoms with E-state index in [0.29, 0.717) is 15.0 Å². The van der Waals surface area contributed by atoms with E-state index in [2.05, 4.69) is 18.5 Å². The topological polar surface area (TPSA) is 9.23 Å². The normalized spacial score (nSPS) is 11.6. The van der Waals surface area contributed by atoms with Crippen LogP contribution in [-0.4, -0.2) is 28.7 Å². The molecule has 0 saturated heterocycles. The second kappa shape index (κ2) is 7.07. The number of ether oxygens (including phenoxy) is 1. The van der Waals surface area contributed by atoms with Crippen molar-refractivity contribution in [2.75, 3.05) is 13.7 Å².